The predicted octanol–water partition coefficient (Wildman–Crippen LogP) is 1.81. The highest BCUT2D eigenvalue weighted by atomic mass is 19.4. The molecule has 0 aromatic carbocycles. The van der Waals surface area contributed by atoms with Crippen molar-refractivity contribution >= 4 is 0 Å². The molecule has 0 aliphatic carbocycles. The van der Waals surface area contributed by atoms with Crippen LogP contribution in [0.5, 0.6) is 0 Å². The van der Waals surface area contributed by atoms with Gasteiger partial charge < -0.3 is 4.90 Å². The van der Waals surface area contributed by atoms with Gasteiger partial charge in [-0.2, -0.15) is 13.2 Å². The maximum absolute atomic E-state index is 11.9. The summed E-state index contributed by atoms with van der Waals surface area (Å²) in [5.41, 5.74) is -0.618. The van der Waals surface area contributed by atoms with Gasteiger partial charge in [0.25, 0.3) is 0 Å². The number of rotatable bonds is 0. The molecule has 4 heteroatoms. The van der Waals surface area contributed by atoms with Gasteiger partial charge in [-0.1, -0.05) is 6.08 Å². The Kier molecular flexibility index (Phi) is 1.62. The first-order chi connectivity index (χ1) is 4.52. The molecular weight excluding hydrogens is 143 g/mol. The fourth-order valence-electron chi connectivity index (χ4n) is 0.807. The maximum atomic E-state index is 11.9. The second kappa shape index (κ2) is 2.18. The van der Waals surface area contributed by atoms with Gasteiger partial charge in [-0.05, 0) is 6.42 Å². The molecule has 1 aliphatic heterocycles. The summed E-state index contributed by atoms with van der Waals surface area (Å²) in [6.07, 6.45) is -2.86. The first kappa shape index (κ1) is 7.44. The topological polar surface area (TPSA) is 3.24 Å². The number of hydrogen-bond donors (Lipinski definition) is 0. The minimum atomic E-state index is -4.22. The molecule has 0 atom stereocenters. The summed E-state index contributed by atoms with van der Waals surface area (Å²) in [4.78, 5) is 0.972. The molecule has 0 fully saturated rings. The van der Waals surface area contributed by atoms with Crippen molar-refractivity contribution in [2.24, 2.45) is 0 Å². The SMILES string of the molecule is CN1[C]CC=C1C(F)(F)F. The monoisotopic (exact) mass is 149 g/mol. The quantitative estimate of drug-likeness (QED) is 0.507. The smallest absolute Gasteiger partial charge is 0.360 e. The molecule has 10 heavy (non-hydrogen) atoms. The second-order valence-electron chi connectivity index (χ2n) is 2.01. The van der Waals surface area contributed by atoms with Crippen LogP contribution in [0.15, 0.2) is 11.8 Å². The molecule has 0 aromatic rings. The second-order valence-corrected chi connectivity index (χ2v) is 2.01. The van der Waals surface area contributed by atoms with Crippen LogP contribution < -0.4 is 0 Å². The highest BCUT2D eigenvalue weighted by molar-refractivity contribution is 5.15. The van der Waals surface area contributed by atoms with Gasteiger partial charge in [0.2, 0.25) is 0 Å². The van der Waals surface area contributed by atoms with Gasteiger partial charge in [-0.3, -0.25) is 0 Å². The van der Waals surface area contributed by atoms with Crippen LogP contribution in [0.1, 0.15) is 6.42 Å². The first-order valence-electron chi connectivity index (χ1n) is 2.76. The van der Waals surface area contributed by atoms with E-state index in [-0.39, 0.29) is 6.42 Å². The lowest BCUT2D eigenvalue weighted by Gasteiger charge is -2.16. The Hall–Kier alpha value is -0.670. The Morgan fingerprint density at radius 1 is 1.60 bits per heavy atom. The van der Waals surface area contributed by atoms with Crippen molar-refractivity contribution < 1.29 is 13.2 Å². The summed E-state index contributed by atoms with van der Waals surface area (Å²) in [6.45, 7) is 2.50. The normalized spacial score (nSPS) is 19.6. The maximum Gasteiger partial charge on any atom is 0.430 e. The number of halogens is 3. The van der Waals surface area contributed by atoms with Crippen LogP contribution in [0.4, 0.5) is 13.2 Å². The lowest BCUT2D eigenvalue weighted by Crippen LogP contribution is -2.22. The third kappa shape index (κ3) is 1.25. The zero-order valence-corrected chi connectivity index (χ0v) is 5.37. The highest BCUT2D eigenvalue weighted by Gasteiger charge is 2.38. The van der Waals surface area contributed by atoms with E-state index in [1.807, 2.05) is 0 Å². The molecule has 56 valence electrons. The molecule has 1 aliphatic rings. The molecule has 0 N–H and O–H groups in total. The van der Waals surface area contributed by atoms with Crippen molar-refractivity contribution in [3.05, 3.63) is 18.3 Å². The van der Waals surface area contributed by atoms with Gasteiger partial charge in [-0.15, -0.1) is 0 Å². The van der Waals surface area contributed by atoms with Gasteiger partial charge in [0.1, 0.15) is 5.70 Å². The lowest BCUT2D eigenvalue weighted by atomic mass is 10.4. The predicted molar refractivity (Wildman–Crippen MR) is 29.8 cm³/mol. The van der Waals surface area contributed by atoms with E-state index >= 15 is 0 Å². The summed E-state index contributed by atoms with van der Waals surface area (Å²) in [5.74, 6) is 0. The summed E-state index contributed by atoms with van der Waals surface area (Å²) in [7, 11) is 1.34. The van der Waals surface area contributed by atoms with E-state index in [9.17, 15) is 13.2 Å². The molecule has 0 bridgehead atoms. The van der Waals surface area contributed by atoms with Crippen molar-refractivity contribution in [2.45, 2.75) is 12.6 Å². The van der Waals surface area contributed by atoms with Gasteiger partial charge in [0.15, 0.2) is 0 Å². The molecule has 1 rings (SSSR count). The van der Waals surface area contributed by atoms with E-state index in [1.165, 1.54) is 7.05 Å². The number of allylic oxidation sites excluding steroid dienone is 1. The molecule has 0 aromatic heterocycles. The zero-order valence-electron chi connectivity index (χ0n) is 5.37. The van der Waals surface area contributed by atoms with Gasteiger partial charge in [0, 0.05) is 7.05 Å². The lowest BCUT2D eigenvalue weighted by molar-refractivity contribution is -0.105. The summed E-state index contributed by atoms with van der Waals surface area (Å²) in [6, 6.07) is 0. The molecule has 1 nitrogen and oxygen atoms in total. The van der Waals surface area contributed by atoms with Crippen LogP contribution in [-0.4, -0.2) is 18.1 Å². The van der Waals surface area contributed by atoms with Crippen LogP contribution >= 0.6 is 0 Å². The molecule has 0 amide bonds. The average molecular weight is 149 g/mol. The Labute approximate surface area is 57.1 Å². The Morgan fingerprint density at radius 3 is 2.40 bits per heavy atom. The van der Waals surface area contributed by atoms with E-state index in [0.717, 1.165) is 11.0 Å². The van der Waals surface area contributed by atoms with Crippen molar-refractivity contribution in [3.8, 4) is 0 Å². The zero-order chi connectivity index (χ0) is 7.78. The van der Waals surface area contributed by atoms with Crippen LogP contribution in [0, 0.1) is 6.54 Å². The van der Waals surface area contributed by atoms with E-state index < -0.39 is 11.9 Å². The molecule has 2 radical (unpaired) electrons. The first-order valence-corrected chi connectivity index (χ1v) is 2.76. The fraction of sp³-hybridized carbons (Fsp3) is 0.500. The molecule has 0 spiro atoms. The molecule has 1 heterocycles. The largest absolute Gasteiger partial charge is 0.430 e. The van der Waals surface area contributed by atoms with Crippen LogP contribution in [0.25, 0.3) is 0 Å². The minimum absolute atomic E-state index is 0.255. The van der Waals surface area contributed by atoms with E-state index in [1.54, 1.807) is 0 Å². The molecular formula is C6H6F3N. The standard InChI is InChI=1S/C6H6F3N/c1-10-4-2-3-5(10)6(7,8)9/h3H,2H2,1H3. The van der Waals surface area contributed by atoms with E-state index in [2.05, 4.69) is 6.54 Å². The van der Waals surface area contributed by atoms with Crippen LogP contribution in [0.2, 0.25) is 0 Å². The van der Waals surface area contributed by atoms with Crippen molar-refractivity contribution in [1.29, 1.82) is 0 Å². The Morgan fingerprint density at radius 2 is 2.20 bits per heavy atom. The number of hydrogen-bond acceptors (Lipinski definition) is 1. The van der Waals surface area contributed by atoms with Crippen molar-refractivity contribution in [3.63, 3.8) is 0 Å². The van der Waals surface area contributed by atoms with E-state index in [4.69, 9.17) is 0 Å². The van der Waals surface area contributed by atoms with Crippen molar-refractivity contribution in [2.75, 3.05) is 7.05 Å². The van der Waals surface area contributed by atoms with Crippen molar-refractivity contribution in [1.82, 2.24) is 4.90 Å². The fourth-order valence-corrected chi connectivity index (χ4v) is 0.807. The molecule has 0 saturated heterocycles. The summed E-state index contributed by atoms with van der Waals surface area (Å²) < 4.78 is 35.6. The van der Waals surface area contributed by atoms with Gasteiger partial charge in [-0.25, -0.2) is 0 Å². The number of alkyl halides is 3. The van der Waals surface area contributed by atoms with Crippen LogP contribution in [0.3, 0.4) is 0 Å². The highest BCUT2D eigenvalue weighted by Crippen LogP contribution is 2.32. The average Bonchev–Trinajstić information content (AvgIpc) is 2.11. The Balaban J connectivity index is 2.72. The van der Waals surface area contributed by atoms with Gasteiger partial charge >= 0.3 is 6.18 Å². The van der Waals surface area contributed by atoms with Crippen LogP contribution in [-0.2, 0) is 0 Å². The number of nitrogens with zero attached hydrogens (tertiary/aromatic N) is 1. The molecule has 0 unspecified atom stereocenters. The summed E-state index contributed by atoms with van der Waals surface area (Å²) in [5, 5.41) is 0. The summed E-state index contributed by atoms with van der Waals surface area (Å²) >= 11 is 0. The van der Waals surface area contributed by atoms with E-state index in [0.29, 0.717) is 0 Å². The Bertz CT molecular complexity index is 159. The molecule has 0 saturated carbocycles. The van der Waals surface area contributed by atoms with Gasteiger partial charge in [0.05, 0.1) is 6.54 Å². The minimum Gasteiger partial charge on any atom is -0.360 e. The third-order valence-corrected chi connectivity index (χ3v) is 1.28. The third-order valence-electron chi connectivity index (χ3n) is 1.28.